The van der Waals surface area contributed by atoms with E-state index in [4.69, 9.17) is 5.41 Å². The molecule has 0 unspecified atom stereocenters. The molecule has 0 atom stereocenters. The van der Waals surface area contributed by atoms with Gasteiger partial charge in [0.2, 0.25) is 0 Å². The zero-order valence-electron chi connectivity index (χ0n) is 9.07. The van der Waals surface area contributed by atoms with Crippen LogP contribution < -0.4 is 5.19 Å². The van der Waals surface area contributed by atoms with E-state index in [0.717, 1.165) is 5.19 Å². The Hall–Kier alpha value is -1.49. The molecule has 0 aliphatic heterocycles. The summed E-state index contributed by atoms with van der Waals surface area (Å²) in [6.07, 6.45) is 1.20. The van der Waals surface area contributed by atoms with E-state index in [-0.39, 0.29) is 5.69 Å². The van der Waals surface area contributed by atoms with E-state index in [1.807, 2.05) is 0 Å². The summed E-state index contributed by atoms with van der Waals surface area (Å²) < 4.78 is 0. The van der Waals surface area contributed by atoms with Crippen LogP contribution in [0.4, 0.5) is 5.69 Å². The SMILES string of the molecule is C[Si](C)(C)c1ccc([N+](=O)[O-])cc1C=N. The molecule has 15 heavy (non-hydrogen) atoms. The molecule has 0 heterocycles. The Balaban J connectivity index is 3.33. The van der Waals surface area contributed by atoms with E-state index >= 15 is 0 Å². The van der Waals surface area contributed by atoms with E-state index in [0.29, 0.717) is 5.56 Å². The average Bonchev–Trinajstić information content (AvgIpc) is 2.15. The van der Waals surface area contributed by atoms with Gasteiger partial charge in [-0.05, 0) is 5.56 Å². The second-order valence-electron chi connectivity index (χ2n) is 4.42. The first-order valence-electron chi connectivity index (χ1n) is 4.65. The highest BCUT2D eigenvalue weighted by Crippen LogP contribution is 2.14. The van der Waals surface area contributed by atoms with E-state index in [9.17, 15) is 10.1 Å². The number of non-ortho nitro benzene ring substituents is 1. The third-order valence-corrected chi connectivity index (χ3v) is 4.28. The van der Waals surface area contributed by atoms with Gasteiger partial charge in [-0.15, -0.1) is 0 Å². The first kappa shape index (κ1) is 11.6. The zero-order valence-corrected chi connectivity index (χ0v) is 10.1. The summed E-state index contributed by atoms with van der Waals surface area (Å²) in [6, 6.07) is 4.77. The van der Waals surface area contributed by atoms with Crippen LogP contribution in [0.15, 0.2) is 18.2 Å². The van der Waals surface area contributed by atoms with Crippen LogP contribution in [0.1, 0.15) is 5.56 Å². The molecular formula is C10H14N2O2Si. The lowest BCUT2D eigenvalue weighted by atomic mass is 10.2. The summed E-state index contributed by atoms with van der Waals surface area (Å²) >= 11 is 0. The van der Waals surface area contributed by atoms with Crippen molar-refractivity contribution >= 4 is 25.2 Å². The van der Waals surface area contributed by atoms with Crippen LogP contribution in [0.2, 0.25) is 19.6 Å². The fraction of sp³-hybridized carbons (Fsp3) is 0.300. The third-order valence-electron chi connectivity index (χ3n) is 2.21. The van der Waals surface area contributed by atoms with E-state index in [2.05, 4.69) is 19.6 Å². The molecule has 5 heteroatoms. The van der Waals surface area contributed by atoms with E-state index < -0.39 is 13.0 Å². The van der Waals surface area contributed by atoms with Crippen LogP contribution in [-0.2, 0) is 0 Å². The first-order chi connectivity index (χ1) is 6.86. The molecule has 80 valence electrons. The normalized spacial score (nSPS) is 11.1. The maximum Gasteiger partial charge on any atom is 0.270 e. The fourth-order valence-corrected chi connectivity index (χ4v) is 3.06. The number of benzene rings is 1. The fourth-order valence-electron chi connectivity index (χ4n) is 1.47. The van der Waals surface area contributed by atoms with Crippen molar-refractivity contribution in [3.63, 3.8) is 0 Å². The third kappa shape index (κ3) is 2.50. The predicted molar refractivity (Wildman–Crippen MR) is 64.0 cm³/mol. The van der Waals surface area contributed by atoms with Crippen molar-refractivity contribution in [3.8, 4) is 0 Å². The molecule has 4 nitrogen and oxygen atoms in total. The molecule has 0 fully saturated rings. The molecule has 0 radical (unpaired) electrons. The second-order valence-corrected chi connectivity index (χ2v) is 9.46. The van der Waals surface area contributed by atoms with Gasteiger partial charge in [0.05, 0.1) is 13.0 Å². The van der Waals surface area contributed by atoms with Crippen LogP contribution in [0.5, 0.6) is 0 Å². The van der Waals surface area contributed by atoms with E-state index in [1.165, 1.54) is 18.3 Å². The summed E-state index contributed by atoms with van der Waals surface area (Å²) in [4.78, 5) is 10.1. The molecule has 1 aromatic rings. The minimum absolute atomic E-state index is 0.0514. The van der Waals surface area contributed by atoms with Gasteiger partial charge in [-0.3, -0.25) is 10.1 Å². The average molecular weight is 222 g/mol. The largest absolute Gasteiger partial charge is 0.308 e. The Morgan fingerprint density at radius 3 is 2.40 bits per heavy atom. The maximum absolute atomic E-state index is 10.6. The number of nitro benzene ring substituents is 1. The quantitative estimate of drug-likeness (QED) is 0.368. The van der Waals surface area contributed by atoms with Gasteiger partial charge in [0.25, 0.3) is 5.69 Å². The summed E-state index contributed by atoms with van der Waals surface area (Å²) in [5.41, 5.74) is 0.721. The van der Waals surface area contributed by atoms with Crippen LogP contribution >= 0.6 is 0 Å². The minimum Gasteiger partial charge on any atom is -0.308 e. The van der Waals surface area contributed by atoms with Crippen molar-refractivity contribution in [1.29, 1.82) is 5.41 Å². The molecule has 0 bridgehead atoms. The van der Waals surface area contributed by atoms with Crippen molar-refractivity contribution in [2.24, 2.45) is 0 Å². The maximum atomic E-state index is 10.6. The van der Waals surface area contributed by atoms with Crippen molar-refractivity contribution in [3.05, 3.63) is 33.9 Å². The van der Waals surface area contributed by atoms with Crippen molar-refractivity contribution in [1.82, 2.24) is 0 Å². The number of nitro groups is 1. The molecule has 0 saturated carbocycles. The van der Waals surface area contributed by atoms with Crippen molar-refractivity contribution in [2.45, 2.75) is 19.6 Å². The Kier molecular flexibility index (Phi) is 3.04. The molecule has 0 saturated heterocycles. The molecule has 1 aromatic carbocycles. The van der Waals surface area contributed by atoms with Crippen LogP contribution in [0.25, 0.3) is 0 Å². The highest BCUT2D eigenvalue weighted by Gasteiger charge is 2.21. The highest BCUT2D eigenvalue weighted by atomic mass is 28.3. The predicted octanol–water partition coefficient (Wildman–Crippen LogP) is 2.14. The van der Waals surface area contributed by atoms with Crippen LogP contribution in [0, 0.1) is 15.5 Å². The Morgan fingerprint density at radius 1 is 1.40 bits per heavy atom. The van der Waals surface area contributed by atoms with Gasteiger partial charge >= 0.3 is 0 Å². The molecule has 0 spiro atoms. The number of hydrogen-bond donors (Lipinski definition) is 1. The van der Waals surface area contributed by atoms with Crippen molar-refractivity contribution in [2.75, 3.05) is 0 Å². The first-order valence-corrected chi connectivity index (χ1v) is 8.15. The highest BCUT2D eigenvalue weighted by molar-refractivity contribution is 6.89. The zero-order chi connectivity index (χ0) is 11.6. The van der Waals surface area contributed by atoms with Crippen LogP contribution in [0.3, 0.4) is 0 Å². The minimum atomic E-state index is -1.53. The lowest BCUT2D eigenvalue weighted by Gasteiger charge is -2.18. The van der Waals surface area contributed by atoms with Gasteiger partial charge in [-0.1, -0.05) is 30.9 Å². The Morgan fingerprint density at radius 2 is 2.00 bits per heavy atom. The topological polar surface area (TPSA) is 67.0 Å². The Bertz CT molecular complexity index is 410. The molecule has 0 aromatic heterocycles. The second kappa shape index (κ2) is 3.94. The number of nitrogens with zero attached hydrogens (tertiary/aromatic N) is 1. The molecule has 0 aliphatic carbocycles. The van der Waals surface area contributed by atoms with Gasteiger partial charge < -0.3 is 5.41 Å². The lowest BCUT2D eigenvalue weighted by Crippen LogP contribution is -2.40. The van der Waals surface area contributed by atoms with Gasteiger partial charge in [0.1, 0.15) is 0 Å². The number of rotatable bonds is 3. The molecule has 1 N–H and O–H groups in total. The smallest absolute Gasteiger partial charge is 0.270 e. The van der Waals surface area contributed by atoms with Gasteiger partial charge in [0.15, 0.2) is 0 Å². The number of nitrogens with one attached hydrogen (secondary N) is 1. The van der Waals surface area contributed by atoms with Gasteiger partial charge in [-0.25, -0.2) is 0 Å². The van der Waals surface area contributed by atoms with Gasteiger partial charge in [-0.2, -0.15) is 0 Å². The molecule has 0 amide bonds. The summed E-state index contributed by atoms with van der Waals surface area (Å²) in [5, 5.41) is 18.9. The number of hydrogen-bond acceptors (Lipinski definition) is 3. The van der Waals surface area contributed by atoms with Gasteiger partial charge in [0, 0.05) is 18.3 Å². The van der Waals surface area contributed by atoms with Crippen LogP contribution in [-0.4, -0.2) is 19.2 Å². The standard InChI is InChI=1S/C10H14N2O2Si/c1-15(2,3)10-5-4-9(12(13)14)6-8(10)7-11/h4-7,11H,1-3H3. The monoisotopic (exact) mass is 222 g/mol. The van der Waals surface area contributed by atoms with Crippen molar-refractivity contribution < 1.29 is 4.92 Å². The molecule has 1 rings (SSSR count). The summed E-state index contributed by atoms with van der Waals surface area (Å²) in [7, 11) is -1.53. The van der Waals surface area contributed by atoms with E-state index in [1.54, 1.807) is 6.07 Å². The summed E-state index contributed by atoms with van der Waals surface area (Å²) in [6.45, 7) is 6.46. The molecular weight excluding hydrogens is 208 g/mol. The Labute approximate surface area is 89.6 Å². The lowest BCUT2D eigenvalue weighted by molar-refractivity contribution is -0.384. The molecule has 0 aliphatic rings. The summed E-state index contributed by atoms with van der Waals surface area (Å²) in [5.74, 6) is 0.